The zero-order chi connectivity index (χ0) is 28.5. The number of carboxylic acids is 1. The lowest BCUT2D eigenvalue weighted by Gasteiger charge is -2.23. The highest BCUT2D eigenvalue weighted by molar-refractivity contribution is 9.10. The molecule has 3 heterocycles. The van der Waals surface area contributed by atoms with Gasteiger partial charge in [-0.3, -0.25) is 14.6 Å². The lowest BCUT2D eigenvalue weighted by atomic mass is 10.0. The largest absolute Gasteiger partial charge is 0.477 e. The van der Waals surface area contributed by atoms with Gasteiger partial charge in [0.2, 0.25) is 0 Å². The molecular weight excluding hydrogens is 584 g/mol. The first-order valence-electron chi connectivity index (χ1n) is 12.8. The molecule has 3 aromatic carbocycles. The molecule has 2 N–H and O–H groups in total. The average molecular weight is 607 g/mol. The number of benzene rings is 3. The quantitative estimate of drug-likeness (QED) is 0.238. The van der Waals surface area contributed by atoms with E-state index < -0.39 is 5.97 Å². The Labute approximate surface area is 244 Å². The van der Waals surface area contributed by atoms with Gasteiger partial charge in [-0.25, -0.2) is 4.79 Å². The predicted molar refractivity (Wildman–Crippen MR) is 159 cm³/mol. The van der Waals surface area contributed by atoms with E-state index in [0.717, 1.165) is 11.3 Å². The molecule has 1 aliphatic rings. The molecule has 9 heteroatoms. The Morgan fingerprint density at radius 2 is 1.61 bits per heavy atom. The monoisotopic (exact) mass is 606 g/mol. The summed E-state index contributed by atoms with van der Waals surface area (Å²) in [5.41, 5.74) is 5.26. The fourth-order valence-electron chi connectivity index (χ4n) is 5.06. The summed E-state index contributed by atoms with van der Waals surface area (Å²) in [5.74, 6) is -1.57. The van der Waals surface area contributed by atoms with Crippen molar-refractivity contribution in [2.75, 3.05) is 10.2 Å². The third-order valence-corrected chi connectivity index (χ3v) is 7.69. The number of para-hydroxylation sites is 1. The molecule has 0 fully saturated rings. The molecular formula is C32H23BrN4O4. The van der Waals surface area contributed by atoms with E-state index in [-0.39, 0.29) is 24.1 Å². The first-order valence-corrected chi connectivity index (χ1v) is 13.6. The van der Waals surface area contributed by atoms with E-state index in [1.54, 1.807) is 58.1 Å². The fourth-order valence-corrected chi connectivity index (χ4v) is 5.61. The van der Waals surface area contributed by atoms with Crippen LogP contribution >= 0.6 is 15.9 Å². The Kier molecular flexibility index (Phi) is 6.94. The predicted octanol–water partition coefficient (Wildman–Crippen LogP) is 6.47. The summed E-state index contributed by atoms with van der Waals surface area (Å²) >= 11 is 3.53. The number of rotatable bonds is 5. The summed E-state index contributed by atoms with van der Waals surface area (Å²) in [6, 6.07) is 28.6. The molecule has 0 saturated carbocycles. The Morgan fingerprint density at radius 3 is 2.39 bits per heavy atom. The third-order valence-electron chi connectivity index (χ3n) is 7.04. The van der Waals surface area contributed by atoms with E-state index in [9.17, 15) is 19.5 Å². The van der Waals surface area contributed by atoms with Crippen LogP contribution in [0.4, 0.5) is 11.4 Å². The molecule has 2 aromatic heterocycles. The standard InChI is InChI=1S/C32H23BrN4O4/c33-26-17-21(35-30(38)24-9-3-2-8-23(24)27-10-5-6-16-34-27)12-14-25(26)31(39)37-19-22-13-15-29(32(40)41)36(22)18-20-7-1-4-11-28(20)37/h1-17H,18-19H2,(H,35,38)(H,40,41). The van der Waals surface area contributed by atoms with Crippen LogP contribution in [0, 0.1) is 0 Å². The number of nitrogens with zero attached hydrogens (tertiary/aromatic N) is 3. The van der Waals surface area contributed by atoms with Crippen LogP contribution in [0.25, 0.3) is 11.3 Å². The summed E-state index contributed by atoms with van der Waals surface area (Å²) in [5, 5.41) is 12.6. The molecule has 0 bridgehead atoms. The smallest absolute Gasteiger partial charge is 0.352 e. The molecule has 5 aromatic rings. The van der Waals surface area contributed by atoms with E-state index in [2.05, 4.69) is 26.2 Å². The molecule has 41 heavy (non-hydrogen) atoms. The number of halogens is 1. The van der Waals surface area contributed by atoms with Crippen LogP contribution in [0.2, 0.25) is 0 Å². The summed E-state index contributed by atoms with van der Waals surface area (Å²) < 4.78 is 2.24. The number of carboxylic acid groups (broad SMARTS) is 1. The highest BCUT2D eigenvalue weighted by Crippen LogP contribution is 2.32. The second kappa shape index (κ2) is 10.9. The highest BCUT2D eigenvalue weighted by atomic mass is 79.9. The molecule has 2 amide bonds. The zero-order valence-electron chi connectivity index (χ0n) is 21.6. The van der Waals surface area contributed by atoms with E-state index in [1.165, 1.54) is 0 Å². The van der Waals surface area contributed by atoms with E-state index in [0.29, 0.717) is 44.8 Å². The van der Waals surface area contributed by atoms with Gasteiger partial charge in [0.15, 0.2) is 0 Å². The number of fused-ring (bicyclic) bond motifs is 2. The fraction of sp³-hybridized carbons (Fsp3) is 0.0625. The summed E-state index contributed by atoms with van der Waals surface area (Å²) in [6.45, 7) is 0.550. The van der Waals surface area contributed by atoms with Crippen molar-refractivity contribution in [1.29, 1.82) is 0 Å². The maximum Gasteiger partial charge on any atom is 0.352 e. The number of aromatic nitrogens is 2. The summed E-state index contributed by atoms with van der Waals surface area (Å²) in [7, 11) is 0. The van der Waals surface area contributed by atoms with Gasteiger partial charge >= 0.3 is 5.97 Å². The molecule has 1 aliphatic heterocycles. The summed E-state index contributed by atoms with van der Waals surface area (Å²) in [6.07, 6.45) is 1.68. The van der Waals surface area contributed by atoms with Crippen molar-refractivity contribution >= 4 is 45.1 Å². The van der Waals surface area contributed by atoms with Crippen molar-refractivity contribution in [3.8, 4) is 11.3 Å². The number of nitrogens with one attached hydrogen (secondary N) is 1. The number of hydrogen-bond acceptors (Lipinski definition) is 4. The van der Waals surface area contributed by atoms with Crippen LogP contribution < -0.4 is 10.2 Å². The maximum absolute atomic E-state index is 13.9. The third kappa shape index (κ3) is 5.03. The topological polar surface area (TPSA) is 105 Å². The summed E-state index contributed by atoms with van der Waals surface area (Å²) in [4.78, 5) is 45.0. The van der Waals surface area contributed by atoms with Gasteiger partial charge in [0.1, 0.15) is 5.69 Å². The normalized spacial score (nSPS) is 12.2. The zero-order valence-corrected chi connectivity index (χ0v) is 23.2. The number of anilines is 2. The number of amides is 2. The van der Waals surface area contributed by atoms with E-state index in [4.69, 9.17) is 0 Å². The van der Waals surface area contributed by atoms with Gasteiger partial charge in [-0.2, -0.15) is 0 Å². The van der Waals surface area contributed by atoms with Crippen LogP contribution in [0.5, 0.6) is 0 Å². The van der Waals surface area contributed by atoms with Crippen molar-refractivity contribution in [3.63, 3.8) is 0 Å². The van der Waals surface area contributed by atoms with Crippen LogP contribution in [-0.4, -0.2) is 32.4 Å². The van der Waals surface area contributed by atoms with Crippen LogP contribution in [0.3, 0.4) is 0 Å². The number of carbonyl (C=O) groups excluding carboxylic acids is 2. The molecule has 202 valence electrons. The van der Waals surface area contributed by atoms with E-state index in [1.807, 2.05) is 54.6 Å². The first kappa shape index (κ1) is 26.2. The first-order chi connectivity index (χ1) is 19.9. The minimum atomic E-state index is -1.02. The lowest BCUT2D eigenvalue weighted by molar-refractivity contribution is 0.0685. The van der Waals surface area contributed by atoms with Crippen LogP contribution in [0.1, 0.15) is 42.5 Å². The molecule has 6 rings (SSSR count). The van der Waals surface area contributed by atoms with Crippen LogP contribution in [0.15, 0.2) is 108 Å². The molecule has 0 saturated heterocycles. The van der Waals surface area contributed by atoms with E-state index >= 15 is 0 Å². The highest BCUT2D eigenvalue weighted by Gasteiger charge is 2.28. The van der Waals surface area contributed by atoms with Crippen molar-refractivity contribution in [2.45, 2.75) is 13.1 Å². The number of carbonyl (C=O) groups is 3. The van der Waals surface area contributed by atoms with Gasteiger partial charge in [-0.1, -0.05) is 42.5 Å². The number of aromatic carboxylic acids is 1. The van der Waals surface area contributed by atoms with Crippen molar-refractivity contribution < 1.29 is 19.5 Å². The minimum absolute atomic E-state index is 0.176. The maximum atomic E-state index is 13.9. The second-order valence-corrected chi connectivity index (χ2v) is 10.4. The lowest BCUT2D eigenvalue weighted by Crippen LogP contribution is -2.31. The average Bonchev–Trinajstić information content (AvgIpc) is 3.31. The Hall–Kier alpha value is -5.02. The van der Waals surface area contributed by atoms with Gasteiger partial charge in [-0.05, 0) is 76.1 Å². The molecule has 0 atom stereocenters. The van der Waals surface area contributed by atoms with Crippen molar-refractivity contribution in [1.82, 2.24) is 9.55 Å². The second-order valence-electron chi connectivity index (χ2n) is 9.53. The van der Waals surface area contributed by atoms with Gasteiger partial charge in [-0.15, -0.1) is 0 Å². The van der Waals surface area contributed by atoms with Gasteiger partial charge in [0, 0.05) is 38.9 Å². The number of hydrogen-bond donors (Lipinski definition) is 2. The van der Waals surface area contributed by atoms with Gasteiger partial charge < -0.3 is 19.9 Å². The Balaban J connectivity index is 1.28. The van der Waals surface area contributed by atoms with Crippen molar-refractivity contribution in [2.24, 2.45) is 0 Å². The Bertz CT molecular complexity index is 1820. The minimum Gasteiger partial charge on any atom is -0.477 e. The molecule has 0 aliphatic carbocycles. The number of pyridine rings is 1. The molecule has 0 radical (unpaired) electrons. The molecule has 0 spiro atoms. The molecule has 0 unspecified atom stereocenters. The SMILES string of the molecule is O=C(Nc1ccc(C(=O)N2Cc3ccc(C(=O)O)n3Cc3ccccc32)c(Br)c1)c1ccccc1-c1ccccn1. The van der Waals surface area contributed by atoms with Gasteiger partial charge in [0.05, 0.1) is 24.3 Å². The van der Waals surface area contributed by atoms with Crippen molar-refractivity contribution in [3.05, 3.63) is 136 Å². The Morgan fingerprint density at radius 1 is 0.829 bits per heavy atom. The molecule has 8 nitrogen and oxygen atoms in total. The van der Waals surface area contributed by atoms with Crippen LogP contribution in [-0.2, 0) is 13.1 Å². The van der Waals surface area contributed by atoms with Gasteiger partial charge in [0.25, 0.3) is 11.8 Å².